The number of phenols is 4. The van der Waals surface area contributed by atoms with E-state index in [0.717, 1.165) is 13.2 Å². The van der Waals surface area contributed by atoms with Crippen LogP contribution in [0.4, 0.5) is 0 Å². The van der Waals surface area contributed by atoms with Crippen molar-refractivity contribution < 1.29 is 54.2 Å². The third-order valence-corrected chi connectivity index (χ3v) is 8.52. The molecule has 11 nitrogen and oxygen atoms in total. The number of carbonyl (C=O) groups excluding carboxylic acids is 5. The average molecular weight is 551 g/mol. The molecule has 5 N–H and O–H groups in total. The molecule has 3 aliphatic carbocycles. The Hall–Kier alpha value is -4.51. The summed E-state index contributed by atoms with van der Waals surface area (Å²) in [4.78, 5) is 65.3. The Labute approximate surface area is 227 Å². The minimum Gasteiger partial charge on any atom is -0.507 e. The first kappa shape index (κ1) is 27.1. The number of methoxy groups -OCH3 is 1. The highest BCUT2D eigenvalue weighted by Gasteiger charge is 2.61. The Bertz CT molecular complexity index is 1660. The Morgan fingerprint density at radius 2 is 1.48 bits per heavy atom. The summed E-state index contributed by atoms with van der Waals surface area (Å²) in [6.45, 7) is 3.89. The topological polar surface area (TPSA) is 196 Å². The summed E-state index contributed by atoms with van der Waals surface area (Å²) in [5.74, 6) is -6.73. The number of aromatic hydroxyl groups is 4. The molecule has 3 aliphatic rings. The second-order valence-electron chi connectivity index (χ2n) is 10.9. The molecule has 0 fully saturated rings. The highest BCUT2D eigenvalue weighted by molar-refractivity contribution is 6.26. The standard InChI is InChI=1S/C29H26O11/c1-10(30)5-12-11(2)22(33)19-16(32)9-29(27(38)21(19)23(12)34)8-14-13(7-28(29,3)39)25(36)20-18(24(14)35)15(31)6-17(40-4)26(20)37/h6,33-36,39H,5,7-9H2,1-4H3. The van der Waals surface area contributed by atoms with Gasteiger partial charge in [0.05, 0.1) is 40.4 Å². The van der Waals surface area contributed by atoms with Gasteiger partial charge in [-0.2, -0.15) is 0 Å². The molecule has 2 aromatic carbocycles. The van der Waals surface area contributed by atoms with Crippen molar-refractivity contribution in [2.24, 2.45) is 5.41 Å². The fraction of sp³-hybridized carbons (Fsp3) is 0.345. The maximum atomic E-state index is 14.2. The lowest BCUT2D eigenvalue weighted by Gasteiger charge is -2.50. The first-order valence-electron chi connectivity index (χ1n) is 12.4. The fourth-order valence-corrected chi connectivity index (χ4v) is 6.32. The van der Waals surface area contributed by atoms with Crippen LogP contribution in [0.2, 0.25) is 0 Å². The zero-order valence-electron chi connectivity index (χ0n) is 22.1. The number of ketones is 5. The molecule has 0 aliphatic heterocycles. The Balaban J connectivity index is 1.76. The van der Waals surface area contributed by atoms with E-state index in [0.29, 0.717) is 0 Å². The van der Waals surface area contributed by atoms with E-state index in [1.807, 2.05) is 0 Å². The van der Waals surface area contributed by atoms with Gasteiger partial charge in [0.25, 0.3) is 0 Å². The Morgan fingerprint density at radius 3 is 2.08 bits per heavy atom. The van der Waals surface area contributed by atoms with Crippen LogP contribution in [0, 0.1) is 12.3 Å². The van der Waals surface area contributed by atoms with E-state index in [1.165, 1.54) is 20.8 Å². The van der Waals surface area contributed by atoms with Gasteiger partial charge >= 0.3 is 0 Å². The van der Waals surface area contributed by atoms with Crippen LogP contribution in [0.15, 0.2) is 11.8 Å². The SMILES string of the molecule is COC1=CC(=O)c2c(O)c3c(c(O)c2C1=O)CC(C)(O)C1(CC(=O)c2c(O)c(C)c(CC(C)=O)c(O)c2C1=O)C3. The average Bonchev–Trinajstić information content (AvgIpc) is 2.87. The Kier molecular flexibility index (Phi) is 5.75. The molecule has 208 valence electrons. The summed E-state index contributed by atoms with van der Waals surface area (Å²) >= 11 is 0. The summed E-state index contributed by atoms with van der Waals surface area (Å²) in [7, 11) is 1.16. The molecule has 0 saturated heterocycles. The number of rotatable bonds is 3. The van der Waals surface area contributed by atoms with Crippen LogP contribution in [0.5, 0.6) is 23.0 Å². The molecule has 2 unspecified atom stereocenters. The summed E-state index contributed by atoms with van der Waals surface area (Å²) in [6.07, 6.45) is -1.18. The number of hydrogen-bond acceptors (Lipinski definition) is 11. The molecule has 0 saturated carbocycles. The molecule has 0 amide bonds. The molecular formula is C29H26O11. The van der Waals surface area contributed by atoms with Gasteiger partial charge in [0.1, 0.15) is 28.8 Å². The van der Waals surface area contributed by atoms with Gasteiger partial charge in [0, 0.05) is 42.0 Å². The van der Waals surface area contributed by atoms with Crippen molar-refractivity contribution in [2.45, 2.75) is 52.1 Å². The van der Waals surface area contributed by atoms with Crippen molar-refractivity contribution in [3.8, 4) is 23.0 Å². The molecule has 0 bridgehead atoms. The molecular weight excluding hydrogens is 524 g/mol. The lowest BCUT2D eigenvalue weighted by atomic mass is 9.53. The van der Waals surface area contributed by atoms with Crippen LogP contribution in [0.25, 0.3) is 0 Å². The van der Waals surface area contributed by atoms with E-state index in [1.54, 1.807) is 0 Å². The maximum absolute atomic E-state index is 14.2. The third kappa shape index (κ3) is 3.30. The monoisotopic (exact) mass is 550 g/mol. The van der Waals surface area contributed by atoms with Crippen LogP contribution in [0.3, 0.4) is 0 Å². The van der Waals surface area contributed by atoms with Crippen LogP contribution >= 0.6 is 0 Å². The summed E-state index contributed by atoms with van der Waals surface area (Å²) in [6, 6.07) is 0. The zero-order chi connectivity index (χ0) is 29.6. The van der Waals surface area contributed by atoms with Crippen LogP contribution in [-0.4, -0.2) is 67.2 Å². The predicted molar refractivity (Wildman–Crippen MR) is 136 cm³/mol. The fourth-order valence-electron chi connectivity index (χ4n) is 6.32. The van der Waals surface area contributed by atoms with Gasteiger partial charge in [-0.1, -0.05) is 0 Å². The number of carbonyl (C=O) groups is 5. The molecule has 40 heavy (non-hydrogen) atoms. The summed E-state index contributed by atoms with van der Waals surface area (Å²) in [5.41, 5.74) is -6.30. The highest BCUT2D eigenvalue weighted by Crippen LogP contribution is 2.57. The van der Waals surface area contributed by atoms with Crippen LogP contribution in [0.1, 0.15) is 84.0 Å². The number of fused-ring (bicyclic) bond motifs is 3. The van der Waals surface area contributed by atoms with Crippen molar-refractivity contribution in [1.29, 1.82) is 0 Å². The number of allylic oxidation sites excluding steroid dienone is 2. The first-order chi connectivity index (χ1) is 18.6. The number of aliphatic hydroxyl groups is 1. The number of phenolic OH excluding ortho intramolecular Hbond substituents is 4. The van der Waals surface area contributed by atoms with Gasteiger partial charge in [-0.3, -0.25) is 24.0 Å². The minimum absolute atomic E-state index is 0.0443. The van der Waals surface area contributed by atoms with Gasteiger partial charge in [-0.25, -0.2) is 0 Å². The van der Waals surface area contributed by atoms with Crippen molar-refractivity contribution in [3.63, 3.8) is 0 Å². The largest absolute Gasteiger partial charge is 0.507 e. The van der Waals surface area contributed by atoms with Crippen molar-refractivity contribution in [1.82, 2.24) is 0 Å². The van der Waals surface area contributed by atoms with Gasteiger partial charge in [0.2, 0.25) is 5.78 Å². The van der Waals surface area contributed by atoms with Gasteiger partial charge in [-0.15, -0.1) is 0 Å². The quantitative estimate of drug-likeness (QED) is 0.351. The molecule has 0 aromatic heterocycles. The van der Waals surface area contributed by atoms with Gasteiger partial charge in [0.15, 0.2) is 23.1 Å². The number of hydrogen-bond donors (Lipinski definition) is 5. The van der Waals surface area contributed by atoms with E-state index in [-0.39, 0.29) is 40.2 Å². The second kappa shape index (κ2) is 8.49. The molecule has 5 rings (SSSR count). The van der Waals surface area contributed by atoms with Crippen molar-refractivity contribution >= 4 is 28.9 Å². The summed E-state index contributed by atoms with van der Waals surface area (Å²) < 4.78 is 4.92. The lowest BCUT2D eigenvalue weighted by Crippen LogP contribution is -2.59. The van der Waals surface area contributed by atoms with E-state index in [9.17, 15) is 49.5 Å². The molecule has 0 radical (unpaired) electrons. The van der Waals surface area contributed by atoms with E-state index >= 15 is 0 Å². The second-order valence-corrected chi connectivity index (χ2v) is 10.9. The van der Waals surface area contributed by atoms with Crippen LogP contribution < -0.4 is 0 Å². The number of Topliss-reactive ketones (excluding diaryl/α,β-unsaturated/α-hetero) is 4. The molecule has 2 aromatic rings. The third-order valence-electron chi connectivity index (χ3n) is 8.52. The highest BCUT2D eigenvalue weighted by atomic mass is 16.5. The lowest BCUT2D eigenvalue weighted by molar-refractivity contribution is -0.116. The van der Waals surface area contributed by atoms with Crippen LogP contribution in [-0.2, 0) is 28.8 Å². The normalized spacial score (nSPS) is 23.5. The molecule has 2 atom stereocenters. The number of ether oxygens (including phenoxy) is 1. The Morgan fingerprint density at radius 1 is 0.875 bits per heavy atom. The summed E-state index contributed by atoms with van der Waals surface area (Å²) in [5, 5.41) is 56.0. The van der Waals surface area contributed by atoms with Crippen molar-refractivity contribution in [2.75, 3.05) is 7.11 Å². The molecule has 11 heteroatoms. The maximum Gasteiger partial charge on any atom is 0.232 e. The molecule has 0 heterocycles. The van der Waals surface area contributed by atoms with Gasteiger partial charge in [-0.05, 0) is 32.8 Å². The van der Waals surface area contributed by atoms with Gasteiger partial charge < -0.3 is 30.3 Å². The van der Waals surface area contributed by atoms with E-state index < -0.39 is 98.7 Å². The smallest absolute Gasteiger partial charge is 0.232 e. The number of benzene rings is 2. The molecule has 1 spiro atoms. The van der Waals surface area contributed by atoms with Crippen molar-refractivity contribution in [3.05, 3.63) is 56.3 Å². The van der Waals surface area contributed by atoms with E-state index in [4.69, 9.17) is 4.74 Å². The first-order valence-corrected chi connectivity index (χ1v) is 12.4. The van der Waals surface area contributed by atoms with E-state index in [2.05, 4.69) is 0 Å². The zero-order valence-corrected chi connectivity index (χ0v) is 22.1. The minimum atomic E-state index is -2.09. The predicted octanol–water partition coefficient (Wildman–Crippen LogP) is 2.16.